The van der Waals surface area contributed by atoms with Crippen molar-refractivity contribution in [2.24, 2.45) is 0 Å². The van der Waals surface area contributed by atoms with Crippen molar-refractivity contribution in [1.29, 1.82) is 0 Å². The highest BCUT2D eigenvalue weighted by Crippen LogP contribution is 2.20. The summed E-state index contributed by atoms with van der Waals surface area (Å²) >= 11 is 0. The molecule has 40 heavy (non-hydrogen) atoms. The Bertz CT molecular complexity index is 1580. The lowest BCUT2D eigenvalue weighted by atomic mass is 10.1. The highest BCUT2D eigenvalue weighted by Gasteiger charge is 2.27. The van der Waals surface area contributed by atoms with Gasteiger partial charge in [0.1, 0.15) is 11.5 Å². The van der Waals surface area contributed by atoms with Gasteiger partial charge in [0.05, 0.1) is 19.6 Å². The average Bonchev–Trinajstić information content (AvgIpc) is 3.31. The van der Waals surface area contributed by atoms with Crippen molar-refractivity contribution in [1.82, 2.24) is 28.8 Å². The molecule has 12 heteroatoms. The van der Waals surface area contributed by atoms with Crippen LogP contribution in [0.1, 0.15) is 63.2 Å². The van der Waals surface area contributed by atoms with Crippen LogP contribution in [0.15, 0.2) is 46.2 Å². The van der Waals surface area contributed by atoms with Gasteiger partial charge in [0, 0.05) is 37.2 Å². The van der Waals surface area contributed by atoms with E-state index in [1.165, 1.54) is 21.5 Å². The summed E-state index contributed by atoms with van der Waals surface area (Å²) in [7, 11) is 0. The summed E-state index contributed by atoms with van der Waals surface area (Å²) in [6.45, 7) is 6.47. The molecule has 4 rings (SSSR count). The minimum atomic E-state index is -0.742. The Morgan fingerprint density at radius 3 is 2.58 bits per heavy atom. The maximum Gasteiger partial charge on any atom is 0.333 e. The smallest absolute Gasteiger partial charge is 0.333 e. The third-order valence-corrected chi connectivity index (χ3v) is 7.15. The Hall–Kier alpha value is -4.06. The van der Waals surface area contributed by atoms with Gasteiger partial charge >= 0.3 is 5.69 Å². The van der Waals surface area contributed by atoms with Crippen LogP contribution >= 0.6 is 0 Å². The van der Waals surface area contributed by atoms with E-state index in [0.717, 1.165) is 18.4 Å². The van der Waals surface area contributed by atoms with Crippen molar-refractivity contribution in [3.05, 3.63) is 80.5 Å². The molecule has 0 fully saturated rings. The second-order valence-electron chi connectivity index (χ2n) is 9.80. The summed E-state index contributed by atoms with van der Waals surface area (Å²) in [4.78, 5) is 40.6. The number of anilines is 1. The van der Waals surface area contributed by atoms with Crippen molar-refractivity contribution in [2.45, 2.75) is 65.5 Å². The second kappa shape index (κ2) is 12.9. The lowest BCUT2D eigenvalue weighted by Gasteiger charge is -2.26. The molecular formula is C28H37FN8O3. The summed E-state index contributed by atoms with van der Waals surface area (Å²) in [5.41, 5.74) is 7.16. The molecule has 0 radical (unpaired) electrons. The minimum absolute atomic E-state index is 0.0571. The fourth-order valence-electron chi connectivity index (χ4n) is 5.01. The molecule has 214 valence electrons. The summed E-state index contributed by atoms with van der Waals surface area (Å²) in [6.07, 6.45) is 5.46. The number of aromatic nitrogens is 6. The standard InChI is InChI=1S/C28H37FN8O3/c1-4-6-9-19(3)36-27(39)24-26(35(28(36)40)15-12-20-10-7-8-11-21(20)30)33-23(37(24)34(5-2)16-17-38)18-22-25(29)32-14-13-31-22/h7-8,10-11,13-14,19,38H,4-6,9,12,15-18,30H2,1-3H3. The Balaban J connectivity index is 2.00. The van der Waals surface area contributed by atoms with Gasteiger partial charge in [-0.3, -0.25) is 18.9 Å². The zero-order chi connectivity index (χ0) is 28.8. The summed E-state index contributed by atoms with van der Waals surface area (Å²) in [5, 5.41) is 11.6. The van der Waals surface area contributed by atoms with E-state index in [9.17, 15) is 19.1 Å². The van der Waals surface area contributed by atoms with Gasteiger partial charge in [-0.1, -0.05) is 38.0 Å². The quantitative estimate of drug-likeness (QED) is 0.241. The van der Waals surface area contributed by atoms with E-state index in [0.29, 0.717) is 30.9 Å². The van der Waals surface area contributed by atoms with E-state index >= 15 is 0 Å². The molecular weight excluding hydrogens is 515 g/mol. The summed E-state index contributed by atoms with van der Waals surface area (Å²) < 4.78 is 19.0. The van der Waals surface area contributed by atoms with Gasteiger partial charge in [-0.05, 0) is 38.3 Å². The molecule has 0 saturated heterocycles. The number of aliphatic hydroxyl groups is 1. The number of fused-ring (bicyclic) bond motifs is 1. The van der Waals surface area contributed by atoms with E-state index in [-0.39, 0.29) is 49.0 Å². The molecule has 0 spiro atoms. The van der Waals surface area contributed by atoms with E-state index in [2.05, 4.69) is 16.9 Å². The first-order valence-corrected chi connectivity index (χ1v) is 13.7. The van der Waals surface area contributed by atoms with E-state index in [1.807, 2.05) is 32.0 Å². The van der Waals surface area contributed by atoms with Crippen molar-refractivity contribution in [3.8, 4) is 0 Å². The predicted molar refractivity (Wildman–Crippen MR) is 153 cm³/mol. The number of unbranched alkanes of at least 4 members (excludes halogenated alkanes) is 1. The number of aliphatic hydroxyl groups excluding tert-OH is 1. The van der Waals surface area contributed by atoms with Gasteiger partial charge in [0.25, 0.3) is 5.56 Å². The van der Waals surface area contributed by atoms with Crippen LogP contribution in [0.2, 0.25) is 0 Å². The molecule has 1 aromatic carbocycles. The van der Waals surface area contributed by atoms with Crippen molar-refractivity contribution < 1.29 is 9.50 Å². The van der Waals surface area contributed by atoms with Crippen LogP contribution < -0.4 is 22.0 Å². The topological polar surface area (TPSA) is 137 Å². The molecule has 4 aromatic rings. The number of hydrogen-bond donors (Lipinski definition) is 2. The average molecular weight is 553 g/mol. The zero-order valence-corrected chi connectivity index (χ0v) is 23.3. The van der Waals surface area contributed by atoms with Crippen LogP contribution in [0.3, 0.4) is 0 Å². The summed E-state index contributed by atoms with van der Waals surface area (Å²) in [5.74, 6) is -0.429. The number of nitrogens with zero attached hydrogens (tertiary/aromatic N) is 7. The van der Waals surface area contributed by atoms with E-state index in [1.54, 1.807) is 15.8 Å². The Morgan fingerprint density at radius 2 is 1.90 bits per heavy atom. The molecule has 0 aliphatic heterocycles. The monoisotopic (exact) mass is 552 g/mol. The Morgan fingerprint density at radius 1 is 1.15 bits per heavy atom. The first-order valence-electron chi connectivity index (χ1n) is 13.7. The van der Waals surface area contributed by atoms with Crippen LogP contribution in [0.4, 0.5) is 10.1 Å². The first-order chi connectivity index (χ1) is 19.3. The lowest BCUT2D eigenvalue weighted by molar-refractivity contribution is 0.292. The molecule has 0 bridgehead atoms. The zero-order valence-electron chi connectivity index (χ0n) is 23.3. The van der Waals surface area contributed by atoms with Gasteiger partial charge in [0.2, 0.25) is 5.95 Å². The number of rotatable bonds is 13. The predicted octanol–water partition coefficient (Wildman–Crippen LogP) is 2.41. The van der Waals surface area contributed by atoms with Gasteiger partial charge in [0.15, 0.2) is 11.2 Å². The molecule has 1 unspecified atom stereocenters. The number of aryl methyl sites for hydroxylation is 2. The van der Waals surface area contributed by atoms with Crippen molar-refractivity contribution >= 4 is 16.9 Å². The van der Waals surface area contributed by atoms with Crippen LogP contribution in [0.25, 0.3) is 11.2 Å². The van der Waals surface area contributed by atoms with Crippen molar-refractivity contribution in [3.63, 3.8) is 0 Å². The van der Waals surface area contributed by atoms with Crippen LogP contribution in [0, 0.1) is 5.95 Å². The fraction of sp³-hybridized carbons (Fsp3) is 0.464. The van der Waals surface area contributed by atoms with Crippen LogP contribution in [-0.2, 0) is 19.4 Å². The van der Waals surface area contributed by atoms with Gasteiger partial charge in [-0.2, -0.15) is 4.39 Å². The summed E-state index contributed by atoms with van der Waals surface area (Å²) in [6, 6.07) is 7.08. The molecule has 3 heterocycles. The van der Waals surface area contributed by atoms with Gasteiger partial charge in [-0.25, -0.2) is 19.4 Å². The number of para-hydroxylation sites is 1. The second-order valence-corrected chi connectivity index (χ2v) is 9.80. The Labute approximate surface area is 231 Å². The molecule has 0 amide bonds. The largest absolute Gasteiger partial charge is 0.399 e. The molecule has 1 atom stereocenters. The maximum atomic E-state index is 14.6. The highest BCUT2D eigenvalue weighted by molar-refractivity contribution is 5.72. The third kappa shape index (κ3) is 5.76. The number of likely N-dealkylation sites (N-methyl/N-ethyl adjacent to an activating group) is 1. The first kappa shape index (κ1) is 28.9. The SMILES string of the molecule is CCCCC(C)n1c(=O)c2c(nc(Cc3nccnc3F)n2N(CC)CCO)n(CCc2ccccc2N)c1=O. The van der Waals surface area contributed by atoms with Crippen LogP contribution in [0.5, 0.6) is 0 Å². The number of benzene rings is 1. The Kier molecular flexibility index (Phi) is 9.30. The number of halogens is 1. The number of nitrogens with two attached hydrogens (primary N) is 1. The maximum absolute atomic E-state index is 14.6. The molecule has 3 N–H and O–H groups in total. The number of hydrogen-bond acceptors (Lipinski definition) is 8. The van der Waals surface area contributed by atoms with Crippen LogP contribution in [-0.4, -0.2) is 53.6 Å². The van der Waals surface area contributed by atoms with Crippen molar-refractivity contribution in [2.75, 3.05) is 30.4 Å². The van der Waals surface area contributed by atoms with Gasteiger partial charge in [-0.15, -0.1) is 0 Å². The molecule has 11 nitrogen and oxygen atoms in total. The number of imidazole rings is 1. The molecule has 0 aliphatic carbocycles. The number of nitrogen functional groups attached to an aromatic ring is 1. The van der Waals surface area contributed by atoms with Gasteiger partial charge < -0.3 is 15.8 Å². The molecule has 3 aromatic heterocycles. The minimum Gasteiger partial charge on any atom is -0.399 e. The van der Waals surface area contributed by atoms with E-state index < -0.39 is 17.2 Å². The fourth-order valence-corrected chi connectivity index (χ4v) is 5.01. The molecule has 0 aliphatic rings. The lowest BCUT2D eigenvalue weighted by Crippen LogP contribution is -2.45. The third-order valence-electron chi connectivity index (χ3n) is 7.15. The normalized spacial score (nSPS) is 12.2. The van der Waals surface area contributed by atoms with E-state index in [4.69, 9.17) is 10.7 Å². The molecule has 0 saturated carbocycles. The highest BCUT2D eigenvalue weighted by atomic mass is 19.1.